The predicted molar refractivity (Wildman–Crippen MR) is 113 cm³/mol. The summed E-state index contributed by atoms with van der Waals surface area (Å²) in [5.41, 5.74) is 3.77. The maximum absolute atomic E-state index is 13.9. The molecule has 1 heterocycles. The van der Waals surface area contributed by atoms with Crippen molar-refractivity contribution in [3.05, 3.63) is 90.0 Å². The van der Waals surface area contributed by atoms with Gasteiger partial charge in [0.15, 0.2) is 11.1 Å². The zero-order chi connectivity index (χ0) is 18.9. The van der Waals surface area contributed by atoms with Gasteiger partial charge in [-0.25, -0.2) is 5.09 Å². The van der Waals surface area contributed by atoms with Gasteiger partial charge in [0.2, 0.25) is 0 Å². The number of nitrogens with zero attached hydrogens (tertiary/aromatic N) is 1. The Balaban J connectivity index is 1.79. The van der Waals surface area contributed by atoms with Gasteiger partial charge in [0.25, 0.3) is 7.87 Å². The molecule has 136 valence electrons. The van der Waals surface area contributed by atoms with Gasteiger partial charge in [-0.2, -0.15) is 0 Å². The predicted octanol–water partition coefficient (Wildman–Crippen LogP) is 4.88. The highest BCUT2D eigenvalue weighted by Crippen LogP contribution is 2.65. The largest absolute Gasteiger partial charge is 0.625 e. The molecule has 0 saturated carbocycles. The molecule has 0 radical (unpaired) electrons. The monoisotopic (exact) mass is 376 g/mol. The Morgan fingerprint density at radius 1 is 0.852 bits per heavy atom. The number of rotatable bonds is 4. The van der Waals surface area contributed by atoms with Crippen molar-refractivity contribution >= 4 is 30.6 Å². The van der Waals surface area contributed by atoms with Gasteiger partial charge >= 0.3 is 0 Å². The van der Waals surface area contributed by atoms with E-state index >= 15 is 0 Å². The van der Waals surface area contributed by atoms with E-state index in [9.17, 15) is 4.89 Å². The lowest BCUT2D eigenvalue weighted by atomic mass is 10.1. The fourth-order valence-corrected chi connectivity index (χ4v) is 5.06. The molecule has 0 saturated heterocycles. The van der Waals surface area contributed by atoms with Crippen LogP contribution in [-0.2, 0) is 0 Å². The van der Waals surface area contributed by atoms with Crippen molar-refractivity contribution in [2.24, 2.45) is 0 Å². The van der Waals surface area contributed by atoms with Crippen LogP contribution in [-0.4, -0.2) is 14.1 Å². The van der Waals surface area contributed by atoms with Crippen molar-refractivity contribution in [1.82, 2.24) is 0 Å². The van der Waals surface area contributed by atoms with E-state index in [0.717, 1.165) is 22.5 Å². The molecule has 4 nitrogen and oxygen atoms in total. The third kappa shape index (κ3) is 3.55. The Hall–Kier alpha value is -2.81. The first kappa shape index (κ1) is 17.6. The molecule has 1 aliphatic rings. The molecule has 0 aromatic heterocycles. The highest BCUT2D eigenvalue weighted by Gasteiger charge is 2.40. The van der Waals surface area contributed by atoms with Crippen LogP contribution in [0.25, 0.3) is 11.4 Å². The molecule has 3 aromatic rings. The molecule has 0 spiro atoms. The van der Waals surface area contributed by atoms with Gasteiger partial charge in [0.1, 0.15) is 0 Å². The standard InChI is InChI=1S/C22H21N2O2P/c1-24(2)19-14-12-17(13-15-19)22-16-18-8-6-7-11-21(18)23-27(22,25)26-20-9-4-3-5-10-20/h3-16H,1-2H3,(H,23,25). The minimum atomic E-state index is -3.34. The van der Waals surface area contributed by atoms with Gasteiger partial charge in [-0.15, -0.1) is 0 Å². The molecular formula is C22H21N2O2P. The molecule has 1 N–H and O–H groups in total. The maximum atomic E-state index is 13.9. The minimum Gasteiger partial charge on any atom is -0.625 e. The summed E-state index contributed by atoms with van der Waals surface area (Å²) in [4.78, 5) is 15.9. The van der Waals surface area contributed by atoms with Crippen molar-refractivity contribution in [3.8, 4) is 5.75 Å². The van der Waals surface area contributed by atoms with E-state index in [4.69, 9.17) is 4.52 Å². The number of anilines is 2. The Labute approximate surface area is 160 Å². The van der Waals surface area contributed by atoms with Crippen LogP contribution in [0.3, 0.4) is 0 Å². The van der Waals surface area contributed by atoms with E-state index in [1.165, 1.54) is 0 Å². The second-order valence-corrected chi connectivity index (χ2v) is 8.62. The summed E-state index contributed by atoms with van der Waals surface area (Å²) < 4.78 is 6.01. The van der Waals surface area contributed by atoms with Crippen LogP contribution in [0, 0.1) is 0 Å². The molecule has 1 atom stereocenters. The molecule has 0 bridgehead atoms. The summed E-state index contributed by atoms with van der Waals surface area (Å²) in [7, 11) is 0.651. The molecule has 0 amide bonds. The molecule has 1 aliphatic heterocycles. The van der Waals surface area contributed by atoms with Crippen LogP contribution in [0.5, 0.6) is 5.75 Å². The van der Waals surface area contributed by atoms with Crippen molar-refractivity contribution in [2.75, 3.05) is 24.1 Å². The smallest absolute Gasteiger partial charge is 0.277 e. The normalized spacial score (nSPS) is 18.1. The topological polar surface area (TPSA) is 47.6 Å². The Bertz CT molecular complexity index is 971. The summed E-state index contributed by atoms with van der Waals surface area (Å²) in [5, 5.41) is 3.82. The lowest BCUT2D eigenvalue weighted by Gasteiger charge is -2.35. The molecule has 27 heavy (non-hydrogen) atoms. The molecule has 4 rings (SSSR count). The van der Waals surface area contributed by atoms with Gasteiger partial charge in [-0.1, -0.05) is 36.4 Å². The van der Waals surface area contributed by atoms with Crippen LogP contribution in [0.15, 0.2) is 78.9 Å². The number of nitrogens with one attached hydrogen (secondary N) is 1. The van der Waals surface area contributed by atoms with Gasteiger partial charge in [0.05, 0.1) is 5.69 Å². The summed E-state index contributed by atoms with van der Waals surface area (Å²) in [6.45, 7) is 0. The van der Waals surface area contributed by atoms with E-state index in [1.807, 2.05) is 104 Å². The summed E-state index contributed by atoms with van der Waals surface area (Å²) in [6, 6.07) is 25.1. The highest BCUT2D eigenvalue weighted by atomic mass is 31.2. The third-order valence-corrected chi connectivity index (χ3v) is 6.52. The van der Waals surface area contributed by atoms with Crippen LogP contribution >= 0.6 is 7.87 Å². The lowest BCUT2D eigenvalue weighted by molar-refractivity contribution is -0.179. The fourth-order valence-electron chi connectivity index (χ4n) is 3.06. The van der Waals surface area contributed by atoms with Crippen LogP contribution in [0.1, 0.15) is 11.1 Å². The van der Waals surface area contributed by atoms with E-state index in [0.29, 0.717) is 11.1 Å². The number of benzene rings is 3. The molecule has 5 heteroatoms. The number of fused-ring (bicyclic) bond motifs is 1. The third-order valence-electron chi connectivity index (χ3n) is 4.49. The van der Waals surface area contributed by atoms with Crippen molar-refractivity contribution < 1.29 is 9.42 Å². The number of para-hydroxylation sites is 2. The van der Waals surface area contributed by atoms with Crippen LogP contribution in [0.2, 0.25) is 0 Å². The van der Waals surface area contributed by atoms with Crippen molar-refractivity contribution in [1.29, 1.82) is 0 Å². The minimum absolute atomic E-state index is 0.573. The zero-order valence-corrected chi connectivity index (χ0v) is 16.2. The molecule has 1 unspecified atom stereocenters. The lowest BCUT2D eigenvalue weighted by Crippen LogP contribution is -2.26. The summed E-state index contributed by atoms with van der Waals surface area (Å²) in [6.07, 6.45) is 1.96. The quantitative estimate of drug-likeness (QED) is 0.660. The van der Waals surface area contributed by atoms with E-state index in [2.05, 4.69) is 5.09 Å². The van der Waals surface area contributed by atoms with E-state index in [1.54, 1.807) is 0 Å². The van der Waals surface area contributed by atoms with Gasteiger partial charge in [-0.05, 0) is 48.5 Å². The number of hydrogen-bond acceptors (Lipinski definition) is 4. The van der Waals surface area contributed by atoms with Gasteiger partial charge < -0.3 is 14.3 Å². The average molecular weight is 376 g/mol. The average Bonchev–Trinajstić information content (AvgIpc) is 2.68. The van der Waals surface area contributed by atoms with E-state index in [-0.39, 0.29) is 0 Å². The maximum Gasteiger partial charge on any atom is 0.277 e. The first-order valence-electron chi connectivity index (χ1n) is 8.77. The fraction of sp³-hybridized carbons (Fsp3) is 0.0909. The second-order valence-electron chi connectivity index (χ2n) is 6.63. The Morgan fingerprint density at radius 2 is 1.52 bits per heavy atom. The van der Waals surface area contributed by atoms with Crippen molar-refractivity contribution in [2.45, 2.75) is 0 Å². The van der Waals surface area contributed by atoms with E-state index < -0.39 is 7.87 Å². The van der Waals surface area contributed by atoms with Crippen molar-refractivity contribution in [3.63, 3.8) is 0 Å². The highest BCUT2D eigenvalue weighted by molar-refractivity contribution is 7.76. The summed E-state index contributed by atoms with van der Waals surface area (Å²) >= 11 is 0. The zero-order valence-electron chi connectivity index (χ0n) is 15.3. The second kappa shape index (κ2) is 7.07. The molecule has 0 fully saturated rings. The Kier molecular flexibility index (Phi) is 4.61. The van der Waals surface area contributed by atoms with Crippen LogP contribution in [0.4, 0.5) is 11.4 Å². The van der Waals surface area contributed by atoms with Gasteiger partial charge in [-0.3, -0.25) is 0 Å². The number of hydrogen-bond donors (Lipinski definition) is 1. The molecule has 3 aromatic carbocycles. The SMILES string of the molecule is CN(C)c1ccc(C2=Cc3ccccc3N[P+]2([O-])Oc2ccccc2)cc1. The first-order chi connectivity index (χ1) is 13.0. The Morgan fingerprint density at radius 3 is 2.22 bits per heavy atom. The molecular weight excluding hydrogens is 355 g/mol. The van der Waals surface area contributed by atoms with Gasteiger partial charge in [0, 0.05) is 30.9 Å². The van der Waals surface area contributed by atoms with Crippen LogP contribution < -0.4 is 19.4 Å². The summed E-state index contributed by atoms with van der Waals surface area (Å²) in [5.74, 6) is 0.573. The molecule has 0 aliphatic carbocycles. The first-order valence-corrected chi connectivity index (χ1v) is 10.4.